The van der Waals surface area contributed by atoms with Gasteiger partial charge >= 0.3 is 6.03 Å². The minimum Gasteiger partial charge on any atom is -0.338 e. The summed E-state index contributed by atoms with van der Waals surface area (Å²) >= 11 is 0. The van der Waals surface area contributed by atoms with Gasteiger partial charge in [-0.05, 0) is 42.2 Å². The van der Waals surface area contributed by atoms with E-state index in [1.165, 1.54) is 12.1 Å². The van der Waals surface area contributed by atoms with Crippen LogP contribution in [0.25, 0.3) is 0 Å². The summed E-state index contributed by atoms with van der Waals surface area (Å²) in [6.07, 6.45) is 5.13. The first-order valence-electron chi connectivity index (χ1n) is 7.41. The van der Waals surface area contributed by atoms with Gasteiger partial charge in [0.2, 0.25) is 0 Å². The van der Waals surface area contributed by atoms with Crippen LogP contribution in [0.2, 0.25) is 0 Å². The Morgan fingerprint density at radius 3 is 3.00 bits per heavy atom. The van der Waals surface area contributed by atoms with Crippen LogP contribution in [-0.4, -0.2) is 23.6 Å². The molecule has 4 nitrogen and oxygen atoms in total. The summed E-state index contributed by atoms with van der Waals surface area (Å²) in [4.78, 5) is 15.8. The van der Waals surface area contributed by atoms with E-state index in [2.05, 4.69) is 15.6 Å². The molecule has 0 radical (unpaired) electrons. The van der Waals surface area contributed by atoms with Crippen molar-refractivity contribution in [3.63, 3.8) is 0 Å². The molecular formula is C17H18FN3O. The van der Waals surface area contributed by atoms with Crippen molar-refractivity contribution < 1.29 is 9.18 Å². The fraction of sp³-hybridized carbons (Fsp3) is 0.294. The summed E-state index contributed by atoms with van der Waals surface area (Å²) in [7, 11) is 0. The summed E-state index contributed by atoms with van der Waals surface area (Å²) < 4.78 is 13.2. The number of halogens is 1. The minimum absolute atomic E-state index is 0.0974. The van der Waals surface area contributed by atoms with Gasteiger partial charge in [-0.2, -0.15) is 0 Å². The second kappa shape index (κ2) is 6.56. The lowest BCUT2D eigenvalue weighted by molar-refractivity contribution is 0.240. The van der Waals surface area contributed by atoms with E-state index in [9.17, 15) is 9.18 Å². The first kappa shape index (κ1) is 14.5. The highest BCUT2D eigenvalue weighted by Crippen LogP contribution is 2.40. The van der Waals surface area contributed by atoms with Crippen LogP contribution in [0.15, 0.2) is 48.8 Å². The van der Waals surface area contributed by atoms with E-state index in [-0.39, 0.29) is 23.8 Å². The average Bonchev–Trinajstić information content (AvgIpc) is 3.27. The summed E-state index contributed by atoms with van der Waals surface area (Å²) in [5, 5.41) is 5.75. The van der Waals surface area contributed by atoms with Gasteiger partial charge in [-0.1, -0.05) is 18.2 Å². The molecule has 2 atom stereocenters. The topological polar surface area (TPSA) is 54.0 Å². The van der Waals surface area contributed by atoms with Crippen LogP contribution in [0, 0.1) is 5.82 Å². The van der Waals surface area contributed by atoms with E-state index in [4.69, 9.17) is 0 Å². The van der Waals surface area contributed by atoms with Gasteiger partial charge in [0.15, 0.2) is 0 Å². The summed E-state index contributed by atoms with van der Waals surface area (Å²) in [6, 6.07) is 10.3. The van der Waals surface area contributed by atoms with E-state index < -0.39 is 0 Å². The molecule has 3 rings (SSSR count). The molecule has 0 bridgehead atoms. The molecule has 1 aliphatic rings. The number of carbonyl (C=O) groups is 1. The second-order valence-corrected chi connectivity index (χ2v) is 5.52. The Labute approximate surface area is 128 Å². The SMILES string of the molecule is O=C(NCCc1cccnc1)N[C@@H]1C[C@H]1c1cccc(F)c1. The highest BCUT2D eigenvalue weighted by atomic mass is 19.1. The molecule has 1 aromatic carbocycles. The number of rotatable bonds is 5. The van der Waals surface area contributed by atoms with Crippen LogP contribution < -0.4 is 10.6 Å². The molecule has 114 valence electrons. The molecule has 1 saturated carbocycles. The van der Waals surface area contributed by atoms with Crippen LogP contribution in [0.5, 0.6) is 0 Å². The van der Waals surface area contributed by atoms with Gasteiger partial charge < -0.3 is 10.6 Å². The zero-order valence-electron chi connectivity index (χ0n) is 12.1. The monoisotopic (exact) mass is 299 g/mol. The van der Waals surface area contributed by atoms with Gasteiger partial charge in [0.25, 0.3) is 0 Å². The van der Waals surface area contributed by atoms with E-state index in [0.29, 0.717) is 6.54 Å². The molecule has 0 aliphatic heterocycles. The number of pyridine rings is 1. The Hall–Kier alpha value is -2.43. The molecular weight excluding hydrogens is 281 g/mol. The molecule has 2 amide bonds. The summed E-state index contributed by atoms with van der Waals surface area (Å²) in [5.74, 6) is -0.0103. The summed E-state index contributed by atoms with van der Waals surface area (Å²) in [5.41, 5.74) is 2.03. The largest absolute Gasteiger partial charge is 0.338 e. The quantitative estimate of drug-likeness (QED) is 0.891. The third kappa shape index (κ3) is 3.81. The van der Waals surface area contributed by atoms with Crippen molar-refractivity contribution in [3.8, 4) is 0 Å². The van der Waals surface area contributed by atoms with E-state index in [0.717, 1.165) is 24.0 Å². The third-order valence-electron chi connectivity index (χ3n) is 3.81. The molecule has 1 aliphatic carbocycles. The lowest BCUT2D eigenvalue weighted by atomic mass is 10.1. The number of urea groups is 1. The third-order valence-corrected chi connectivity index (χ3v) is 3.81. The minimum atomic E-state index is -0.232. The summed E-state index contributed by atoms with van der Waals surface area (Å²) in [6.45, 7) is 0.564. The Morgan fingerprint density at radius 2 is 2.23 bits per heavy atom. The van der Waals surface area contributed by atoms with Crippen LogP contribution in [0.3, 0.4) is 0 Å². The van der Waals surface area contributed by atoms with Crippen LogP contribution in [0.1, 0.15) is 23.5 Å². The highest BCUT2D eigenvalue weighted by molar-refractivity contribution is 5.74. The van der Waals surface area contributed by atoms with Gasteiger partial charge in [0.1, 0.15) is 5.82 Å². The number of amides is 2. The number of hydrogen-bond acceptors (Lipinski definition) is 2. The maximum absolute atomic E-state index is 13.2. The predicted molar refractivity (Wildman–Crippen MR) is 82.0 cm³/mol. The van der Waals surface area contributed by atoms with Crippen LogP contribution >= 0.6 is 0 Å². The maximum atomic E-state index is 13.2. The van der Waals surface area contributed by atoms with Crippen molar-refractivity contribution in [2.45, 2.75) is 24.8 Å². The zero-order valence-corrected chi connectivity index (χ0v) is 12.1. The van der Waals surface area contributed by atoms with E-state index >= 15 is 0 Å². The van der Waals surface area contributed by atoms with Gasteiger partial charge in [-0.3, -0.25) is 4.98 Å². The van der Waals surface area contributed by atoms with Crippen molar-refractivity contribution >= 4 is 6.03 Å². The molecule has 2 aromatic rings. The van der Waals surface area contributed by atoms with Gasteiger partial charge in [0, 0.05) is 30.9 Å². The van der Waals surface area contributed by atoms with E-state index in [1.54, 1.807) is 18.5 Å². The fourth-order valence-electron chi connectivity index (χ4n) is 2.55. The average molecular weight is 299 g/mol. The van der Waals surface area contributed by atoms with Crippen molar-refractivity contribution in [2.75, 3.05) is 6.54 Å². The van der Waals surface area contributed by atoms with Crippen molar-refractivity contribution in [1.82, 2.24) is 15.6 Å². The smallest absolute Gasteiger partial charge is 0.315 e. The Balaban J connectivity index is 1.40. The number of aromatic nitrogens is 1. The number of nitrogens with one attached hydrogen (secondary N) is 2. The lowest BCUT2D eigenvalue weighted by Crippen LogP contribution is -2.38. The molecule has 1 heterocycles. The first-order chi connectivity index (χ1) is 10.7. The molecule has 0 unspecified atom stereocenters. The zero-order chi connectivity index (χ0) is 15.4. The first-order valence-corrected chi connectivity index (χ1v) is 7.41. The normalized spacial score (nSPS) is 19.5. The molecule has 2 N–H and O–H groups in total. The molecule has 1 fully saturated rings. The number of benzene rings is 1. The van der Waals surface area contributed by atoms with Crippen LogP contribution in [-0.2, 0) is 6.42 Å². The second-order valence-electron chi connectivity index (χ2n) is 5.52. The molecule has 22 heavy (non-hydrogen) atoms. The molecule has 5 heteroatoms. The fourth-order valence-corrected chi connectivity index (χ4v) is 2.55. The van der Waals surface area contributed by atoms with E-state index in [1.807, 2.05) is 18.2 Å². The van der Waals surface area contributed by atoms with Gasteiger partial charge in [0.05, 0.1) is 0 Å². The Bertz CT molecular complexity index is 647. The van der Waals surface area contributed by atoms with Crippen molar-refractivity contribution in [3.05, 3.63) is 65.7 Å². The van der Waals surface area contributed by atoms with Crippen molar-refractivity contribution in [2.24, 2.45) is 0 Å². The van der Waals surface area contributed by atoms with Crippen LogP contribution in [0.4, 0.5) is 9.18 Å². The Morgan fingerprint density at radius 1 is 1.32 bits per heavy atom. The van der Waals surface area contributed by atoms with Gasteiger partial charge in [-0.25, -0.2) is 9.18 Å². The molecule has 0 spiro atoms. The number of nitrogens with zero attached hydrogens (tertiary/aromatic N) is 1. The number of hydrogen-bond donors (Lipinski definition) is 2. The lowest BCUT2D eigenvalue weighted by Gasteiger charge is -2.07. The number of carbonyl (C=O) groups excluding carboxylic acids is 1. The Kier molecular flexibility index (Phi) is 4.32. The van der Waals surface area contributed by atoms with Gasteiger partial charge in [-0.15, -0.1) is 0 Å². The standard InChI is InChI=1S/C17H18FN3O/c18-14-5-1-4-13(9-14)15-10-16(15)21-17(22)20-8-6-12-3-2-7-19-11-12/h1-5,7,9,11,15-16H,6,8,10H2,(H2,20,21,22)/t15-,16+/m0/s1. The maximum Gasteiger partial charge on any atom is 0.315 e. The molecule has 0 saturated heterocycles. The highest BCUT2D eigenvalue weighted by Gasteiger charge is 2.39. The molecule has 1 aromatic heterocycles. The van der Waals surface area contributed by atoms with Crippen molar-refractivity contribution in [1.29, 1.82) is 0 Å². The predicted octanol–water partition coefficient (Wildman–Crippen LogP) is 2.62.